The summed E-state index contributed by atoms with van der Waals surface area (Å²) >= 11 is 5.90. The Morgan fingerprint density at radius 3 is 2.76 bits per heavy atom. The van der Waals surface area contributed by atoms with Crippen molar-refractivity contribution in [1.29, 1.82) is 0 Å². The molecule has 1 aromatic carbocycles. The van der Waals surface area contributed by atoms with E-state index in [4.69, 9.17) is 26.8 Å². The summed E-state index contributed by atoms with van der Waals surface area (Å²) < 4.78 is 10.3. The minimum Gasteiger partial charge on any atom is -0.496 e. The van der Waals surface area contributed by atoms with Crippen LogP contribution in [0.25, 0.3) is 0 Å². The molecule has 1 fully saturated rings. The average molecular weight is 256 g/mol. The molecule has 1 aliphatic heterocycles. The van der Waals surface area contributed by atoms with Gasteiger partial charge in [-0.05, 0) is 18.2 Å². The fourth-order valence-corrected chi connectivity index (χ4v) is 2.01. The molecule has 1 saturated heterocycles. The van der Waals surface area contributed by atoms with Crippen molar-refractivity contribution in [2.24, 2.45) is 11.1 Å². The number of Topliss-reactive ketones (excluding diaryl/α,β-unsaturated/α-hetero) is 1. The normalized spacial score (nSPS) is 17.4. The zero-order valence-corrected chi connectivity index (χ0v) is 10.3. The predicted octanol–water partition coefficient (Wildman–Crippen LogP) is 1.51. The third-order valence-corrected chi connectivity index (χ3v) is 3.27. The van der Waals surface area contributed by atoms with Crippen molar-refractivity contribution < 1.29 is 14.3 Å². The molecule has 0 aliphatic carbocycles. The van der Waals surface area contributed by atoms with Crippen molar-refractivity contribution in [1.82, 2.24) is 0 Å². The van der Waals surface area contributed by atoms with Gasteiger partial charge in [-0.3, -0.25) is 4.79 Å². The molecule has 1 heterocycles. The zero-order chi connectivity index (χ0) is 12.5. The molecule has 0 aromatic heterocycles. The summed E-state index contributed by atoms with van der Waals surface area (Å²) in [4.78, 5) is 12.4. The number of carbonyl (C=O) groups is 1. The molecule has 0 unspecified atom stereocenters. The van der Waals surface area contributed by atoms with Gasteiger partial charge >= 0.3 is 0 Å². The van der Waals surface area contributed by atoms with Crippen LogP contribution in [0, 0.1) is 5.41 Å². The lowest BCUT2D eigenvalue weighted by molar-refractivity contribution is -0.0816. The number of carbonyl (C=O) groups excluding carboxylic acids is 1. The van der Waals surface area contributed by atoms with E-state index in [2.05, 4.69) is 0 Å². The molecule has 1 aliphatic rings. The van der Waals surface area contributed by atoms with Crippen LogP contribution >= 0.6 is 11.6 Å². The summed E-state index contributed by atoms with van der Waals surface area (Å²) in [6, 6.07) is 4.97. The van der Waals surface area contributed by atoms with Crippen LogP contribution in [0.2, 0.25) is 5.02 Å². The van der Waals surface area contributed by atoms with E-state index in [1.807, 2.05) is 0 Å². The van der Waals surface area contributed by atoms with E-state index in [0.717, 1.165) is 0 Å². The number of hydrogen-bond acceptors (Lipinski definition) is 4. The van der Waals surface area contributed by atoms with Gasteiger partial charge in [-0.15, -0.1) is 0 Å². The molecule has 0 atom stereocenters. The van der Waals surface area contributed by atoms with Crippen LogP contribution in [0.5, 0.6) is 5.75 Å². The van der Waals surface area contributed by atoms with E-state index in [1.165, 1.54) is 7.11 Å². The summed E-state index contributed by atoms with van der Waals surface area (Å²) in [5, 5.41) is 0.501. The fraction of sp³-hybridized carbons (Fsp3) is 0.417. The lowest BCUT2D eigenvalue weighted by Crippen LogP contribution is -2.54. The molecule has 2 rings (SSSR count). The highest BCUT2D eigenvalue weighted by Gasteiger charge is 2.45. The second-order valence-corrected chi connectivity index (χ2v) is 4.59. The second kappa shape index (κ2) is 4.64. The number of benzene rings is 1. The first kappa shape index (κ1) is 12.4. The Balaban J connectivity index is 2.39. The number of rotatable bonds is 4. The van der Waals surface area contributed by atoms with Gasteiger partial charge in [0.25, 0.3) is 0 Å². The standard InChI is InChI=1S/C12H14ClNO3/c1-16-10-3-2-8(13)4-9(10)11(15)12(5-14)6-17-7-12/h2-4H,5-7,14H2,1H3. The van der Waals surface area contributed by atoms with Crippen LogP contribution in [0.1, 0.15) is 10.4 Å². The highest BCUT2D eigenvalue weighted by molar-refractivity contribution is 6.31. The van der Waals surface area contributed by atoms with Crippen LogP contribution in [0.3, 0.4) is 0 Å². The number of ketones is 1. The first-order chi connectivity index (χ1) is 8.13. The van der Waals surface area contributed by atoms with E-state index >= 15 is 0 Å². The summed E-state index contributed by atoms with van der Waals surface area (Å²) in [5.41, 5.74) is 5.52. The Hall–Kier alpha value is -1.10. The molecule has 17 heavy (non-hydrogen) atoms. The first-order valence-electron chi connectivity index (χ1n) is 5.29. The van der Waals surface area contributed by atoms with Crippen molar-refractivity contribution in [3.63, 3.8) is 0 Å². The van der Waals surface area contributed by atoms with Gasteiger partial charge in [0.05, 0.1) is 31.3 Å². The molecular weight excluding hydrogens is 242 g/mol. The molecule has 92 valence electrons. The van der Waals surface area contributed by atoms with Crippen LogP contribution < -0.4 is 10.5 Å². The molecule has 4 nitrogen and oxygen atoms in total. The van der Waals surface area contributed by atoms with Crippen molar-refractivity contribution in [3.05, 3.63) is 28.8 Å². The molecule has 0 saturated carbocycles. The molecule has 5 heteroatoms. The minimum atomic E-state index is -0.613. The van der Waals surface area contributed by atoms with Crippen molar-refractivity contribution >= 4 is 17.4 Å². The smallest absolute Gasteiger partial charge is 0.178 e. The van der Waals surface area contributed by atoms with Gasteiger partial charge < -0.3 is 15.2 Å². The van der Waals surface area contributed by atoms with Gasteiger partial charge in [0.2, 0.25) is 0 Å². The number of halogens is 1. The van der Waals surface area contributed by atoms with Gasteiger partial charge in [0, 0.05) is 11.6 Å². The largest absolute Gasteiger partial charge is 0.496 e. The zero-order valence-electron chi connectivity index (χ0n) is 9.53. The van der Waals surface area contributed by atoms with Crippen molar-refractivity contribution in [2.45, 2.75) is 0 Å². The van der Waals surface area contributed by atoms with Crippen LogP contribution in [0.15, 0.2) is 18.2 Å². The third-order valence-electron chi connectivity index (χ3n) is 3.04. The van der Waals surface area contributed by atoms with Gasteiger partial charge in [-0.2, -0.15) is 0 Å². The van der Waals surface area contributed by atoms with Gasteiger partial charge in [0.15, 0.2) is 5.78 Å². The Morgan fingerprint density at radius 2 is 2.29 bits per heavy atom. The lowest BCUT2D eigenvalue weighted by atomic mass is 9.78. The van der Waals surface area contributed by atoms with Gasteiger partial charge in [0.1, 0.15) is 5.75 Å². The average Bonchev–Trinajstić information content (AvgIpc) is 2.28. The van der Waals surface area contributed by atoms with Crippen molar-refractivity contribution in [3.8, 4) is 5.75 Å². The highest BCUT2D eigenvalue weighted by atomic mass is 35.5. The molecule has 0 bridgehead atoms. The fourth-order valence-electron chi connectivity index (χ4n) is 1.83. The monoisotopic (exact) mass is 255 g/mol. The molecule has 2 N–H and O–H groups in total. The number of hydrogen-bond donors (Lipinski definition) is 1. The third kappa shape index (κ3) is 2.04. The summed E-state index contributed by atoms with van der Waals surface area (Å²) in [6.07, 6.45) is 0. The molecular formula is C12H14ClNO3. The van der Waals surface area contributed by atoms with Crippen molar-refractivity contribution in [2.75, 3.05) is 26.9 Å². The van der Waals surface area contributed by atoms with E-state index in [1.54, 1.807) is 18.2 Å². The maximum Gasteiger partial charge on any atom is 0.178 e. The molecule has 0 radical (unpaired) electrons. The number of nitrogens with two attached hydrogens (primary N) is 1. The lowest BCUT2D eigenvalue weighted by Gasteiger charge is -2.39. The van der Waals surface area contributed by atoms with E-state index in [0.29, 0.717) is 29.5 Å². The number of methoxy groups -OCH3 is 1. The predicted molar refractivity (Wildman–Crippen MR) is 64.6 cm³/mol. The summed E-state index contributed by atoms with van der Waals surface area (Å²) in [6.45, 7) is 0.984. The van der Waals surface area contributed by atoms with Crippen LogP contribution in [0.4, 0.5) is 0 Å². The van der Waals surface area contributed by atoms with E-state index < -0.39 is 5.41 Å². The maximum absolute atomic E-state index is 12.4. The Kier molecular flexibility index (Phi) is 3.38. The topological polar surface area (TPSA) is 61.5 Å². The van der Waals surface area contributed by atoms with Gasteiger partial charge in [-0.1, -0.05) is 11.6 Å². The van der Waals surface area contributed by atoms with Crippen LogP contribution in [-0.2, 0) is 4.74 Å². The Labute approximate surface area is 105 Å². The maximum atomic E-state index is 12.4. The molecule has 0 amide bonds. The van der Waals surface area contributed by atoms with E-state index in [-0.39, 0.29) is 12.3 Å². The molecule has 1 aromatic rings. The highest BCUT2D eigenvalue weighted by Crippen LogP contribution is 2.34. The first-order valence-corrected chi connectivity index (χ1v) is 5.67. The SMILES string of the molecule is COc1ccc(Cl)cc1C(=O)C1(CN)COC1. The van der Waals surface area contributed by atoms with E-state index in [9.17, 15) is 4.79 Å². The van der Waals surface area contributed by atoms with Gasteiger partial charge in [-0.25, -0.2) is 0 Å². The Bertz CT molecular complexity index is 438. The van der Waals surface area contributed by atoms with Crippen LogP contribution in [-0.4, -0.2) is 32.7 Å². The number of ether oxygens (including phenoxy) is 2. The second-order valence-electron chi connectivity index (χ2n) is 4.15. The summed E-state index contributed by atoms with van der Waals surface area (Å²) in [5.74, 6) is 0.449. The quantitative estimate of drug-likeness (QED) is 0.829. The Morgan fingerprint density at radius 1 is 1.59 bits per heavy atom. The summed E-state index contributed by atoms with van der Waals surface area (Å²) in [7, 11) is 1.52. The molecule has 0 spiro atoms. The minimum absolute atomic E-state index is 0.0643.